The van der Waals surface area contributed by atoms with Gasteiger partial charge in [0.05, 0.1) is 31.5 Å². The molecule has 2 aliphatic carbocycles. The van der Waals surface area contributed by atoms with Crippen molar-refractivity contribution in [1.82, 2.24) is 0 Å². The van der Waals surface area contributed by atoms with Gasteiger partial charge in [0.2, 0.25) is 6.29 Å². The number of carbonyl (C=O) groups excluding carboxylic acids is 2. The van der Waals surface area contributed by atoms with Crippen LogP contribution in [0, 0.1) is 28.6 Å². The number of hydrogen-bond acceptors (Lipinski definition) is 9. The Hall–Kier alpha value is -1.52. The van der Waals surface area contributed by atoms with E-state index in [1.54, 1.807) is 19.9 Å². The summed E-state index contributed by atoms with van der Waals surface area (Å²) < 4.78 is 37.0. The van der Waals surface area contributed by atoms with E-state index in [1.165, 1.54) is 6.92 Å². The average molecular weight is 507 g/mol. The zero-order valence-electron chi connectivity index (χ0n) is 21.7. The van der Waals surface area contributed by atoms with E-state index in [9.17, 15) is 14.7 Å². The fourth-order valence-corrected chi connectivity index (χ4v) is 8.40. The minimum Gasteiger partial charge on any atom is -0.462 e. The van der Waals surface area contributed by atoms with Crippen LogP contribution in [0.5, 0.6) is 0 Å². The van der Waals surface area contributed by atoms with Gasteiger partial charge in [-0.1, -0.05) is 19.9 Å². The Morgan fingerprint density at radius 1 is 1.14 bits per heavy atom. The topological polar surface area (TPSA) is 113 Å². The molecule has 0 aromatic carbocycles. The summed E-state index contributed by atoms with van der Waals surface area (Å²) in [6.07, 6.45) is 0.981. The van der Waals surface area contributed by atoms with Crippen LogP contribution in [0.1, 0.15) is 60.3 Å². The summed E-state index contributed by atoms with van der Waals surface area (Å²) in [6, 6.07) is 0. The largest absolute Gasteiger partial charge is 0.462 e. The van der Waals surface area contributed by atoms with Crippen molar-refractivity contribution in [2.75, 3.05) is 13.2 Å². The van der Waals surface area contributed by atoms with Crippen LogP contribution in [0.15, 0.2) is 11.6 Å². The summed E-state index contributed by atoms with van der Waals surface area (Å²) in [5, 5.41) is 11.9. The van der Waals surface area contributed by atoms with Gasteiger partial charge in [-0.25, -0.2) is 4.79 Å². The molecular weight excluding hydrogens is 468 g/mol. The molecule has 5 saturated heterocycles. The van der Waals surface area contributed by atoms with Gasteiger partial charge in [-0.15, -0.1) is 0 Å². The zero-order valence-corrected chi connectivity index (χ0v) is 21.7. The lowest BCUT2D eigenvalue weighted by molar-refractivity contribution is -0.400. The van der Waals surface area contributed by atoms with Crippen LogP contribution in [-0.4, -0.2) is 72.9 Å². The van der Waals surface area contributed by atoms with Crippen molar-refractivity contribution in [1.29, 1.82) is 0 Å². The van der Waals surface area contributed by atoms with Crippen molar-refractivity contribution in [3.8, 4) is 0 Å². The standard InChI is InChI=1S/C27H38O9/c1-6-13(2)22(30)36-24-27-19(33-15(4)28)9-14(3)25(5,18-10-16-7-8-31-23(16)35-18)21(27)20(29)17(34-24)11-26(27)12-32-26/h6,14,16-21,23-24,29H,7-12H2,1-5H3. The molecule has 0 radical (unpaired) electrons. The number of aliphatic hydroxyl groups excluding tert-OH is 1. The Kier molecular flexibility index (Phi) is 5.67. The maximum absolute atomic E-state index is 13.0. The number of epoxide rings is 1. The first kappa shape index (κ1) is 24.8. The fraction of sp³-hybridized carbons (Fsp3) is 0.852. The summed E-state index contributed by atoms with van der Waals surface area (Å²) in [5.74, 6) is -0.986. The van der Waals surface area contributed by atoms with E-state index in [4.69, 9.17) is 28.4 Å². The van der Waals surface area contributed by atoms with Crippen LogP contribution in [-0.2, 0) is 38.0 Å². The molecule has 2 saturated carbocycles. The van der Waals surface area contributed by atoms with Gasteiger partial charge in [0.15, 0.2) is 6.29 Å². The molecule has 9 heteroatoms. The molecule has 7 aliphatic rings. The van der Waals surface area contributed by atoms with Crippen molar-refractivity contribution in [3.63, 3.8) is 0 Å². The quantitative estimate of drug-likeness (QED) is 0.349. The lowest BCUT2D eigenvalue weighted by atomic mass is 9.39. The van der Waals surface area contributed by atoms with Crippen LogP contribution in [0.3, 0.4) is 0 Å². The molecule has 2 bridgehead atoms. The summed E-state index contributed by atoms with van der Waals surface area (Å²) >= 11 is 0. The third kappa shape index (κ3) is 3.13. The first-order chi connectivity index (χ1) is 17.1. The van der Waals surface area contributed by atoms with Crippen molar-refractivity contribution in [3.05, 3.63) is 11.6 Å². The molecule has 0 amide bonds. The lowest BCUT2D eigenvalue weighted by Gasteiger charge is -2.70. The van der Waals surface area contributed by atoms with Gasteiger partial charge in [-0.2, -0.15) is 0 Å². The number of rotatable bonds is 4. The van der Waals surface area contributed by atoms with Crippen LogP contribution in [0.25, 0.3) is 0 Å². The normalized spacial score (nSPS) is 53.2. The predicted molar refractivity (Wildman–Crippen MR) is 124 cm³/mol. The van der Waals surface area contributed by atoms with E-state index in [-0.39, 0.29) is 18.3 Å². The van der Waals surface area contributed by atoms with Crippen LogP contribution in [0.2, 0.25) is 0 Å². The van der Waals surface area contributed by atoms with E-state index in [0.29, 0.717) is 37.5 Å². The van der Waals surface area contributed by atoms with Gasteiger partial charge in [-0.05, 0) is 39.0 Å². The van der Waals surface area contributed by atoms with E-state index in [1.807, 2.05) is 0 Å². The summed E-state index contributed by atoms with van der Waals surface area (Å²) in [7, 11) is 0. The molecule has 36 heavy (non-hydrogen) atoms. The second kappa shape index (κ2) is 8.24. The highest BCUT2D eigenvalue weighted by Crippen LogP contribution is 2.74. The van der Waals surface area contributed by atoms with E-state index in [2.05, 4.69) is 13.8 Å². The summed E-state index contributed by atoms with van der Waals surface area (Å²) in [5.41, 5.74) is -1.84. The van der Waals surface area contributed by atoms with Crippen LogP contribution >= 0.6 is 0 Å². The molecule has 12 atom stereocenters. The van der Waals surface area contributed by atoms with Gasteiger partial charge in [0, 0.05) is 36.2 Å². The maximum Gasteiger partial charge on any atom is 0.335 e. The number of ether oxygens (including phenoxy) is 6. The summed E-state index contributed by atoms with van der Waals surface area (Å²) in [4.78, 5) is 25.4. The Labute approximate surface area is 211 Å². The van der Waals surface area contributed by atoms with Gasteiger partial charge < -0.3 is 33.5 Å². The molecule has 7 rings (SSSR count). The molecule has 5 heterocycles. The first-order valence-corrected chi connectivity index (χ1v) is 13.3. The van der Waals surface area contributed by atoms with Crippen molar-refractivity contribution >= 4 is 11.9 Å². The fourth-order valence-electron chi connectivity index (χ4n) is 8.40. The highest BCUT2D eigenvalue weighted by Gasteiger charge is 2.85. The van der Waals surface area contributed by atoms with E-state index < -0.39 is 58.9 Å². The zero-order chi connectivity index (χ0) is 25.6. The predicted octanol–water partition coefficient (Wildman–Crippen LogP) is 2.49. The minimum atomic E-state index is -1.07. The second-order valence-electron chi connectivity index (χ2n) is 12.0. The van der Waals surface area contributed by atoms with E-state index in [0.717, 1.165) is 12.8 Å². The van der Waals surface area contributed by atoms with Crippen molar-refractivity contribution in [2.24, 2.45) is 28.6 Å². The van der Waals surface area contributed by atoms with Crippen LogP contribution < -0.4 is 0 Å². The molecule has 9 nitrogen and oxygen atoms in total. The van der Waals surface area contributed by atoms with Crippen LogP contribution in [0.4, 0.5) is 0 Å². The first-order valence-electron chi connectivity index (χ1n) is 13.3. The minimum absolute atomic E-state index is 0.0414. The molecule has 2 spiro atoms. The van der Waals surface area contributed by atoms with Gasteiger partial charge in [0.25, 0.3) is 0 Å². The van der Waals surface area contributed by atoms with Gasteiger partial charge >= 0.3 is 11.9 Å². The highest BCUT2D eigenvalue weighted by molar-refractivity contribution is 5.87. The molecule has 0 aromatic rings. The summed E-state index contributed by atoms with van der Waals surface area (Å²) in [6.45, 7) is 10.3. The number of hydrogen-bond donors (Lipinski definition) is 1. The monoisotopic (exact) mass is 506 g/mol. The molecule has 0 aromatic heterocycles. The molecule has 7 fully saturated rings. The lowest BCUT2D eigenvalue weighted by Crippen LogP contribution is -2.80. The number of fused-ring (bicyclic) bond motifs is 2. The Morgan fingerprint density at radius 3 is 2.53 bits per heavy atom. The number of allylic oxidation sites excluding steroid dienone is 1. The number of esters is 2. The smallest absolute Gasteiger partial charge is 0.335 e. The third-order valence-corrected chi connectivity index (χ3v) is 10.5. The molecule has 5 aliphatic heterocycles. The number of aliphatic hydroxyl groups is 1. The third-order valence-electron chi connectivity index (χ3n) is 10.5. The molecule has 200 valence electrons. The Morgan fingerprint density at radius 2 is 1.89 bits per heavy atom. The second-order valence-corrected chi connectivity index (χ2v) is 12.0. The number of carbonyl (C=O) groups is 2. The Balaban J connectivity index is 1.49. The van der Waals surface area contributed by atoms with Crippen molar-refractivity contribution < 1.29 is 43.1 Å². The average Bonchev–Trinajstić information content (AvgIpc) is 3.24. The molecule has 12 unspecified atom stereocenters. The highest BCUT2D eigenvalue weighted by atomic mass is 16.7. The molecule has 1 N–H and O–H groups in total. The van der Waals surface area contributed by atoms with Gasteiger partial charge in [0.1, 0.15) is 17.1 Å². The SMILES string of the molecule is CC=C(C)C(=O)OC1OC2CC3(CO3)C13C(OC(C)=O)CC(C)C(C)(C1CC4CCOC4O1)C3C2O. The maximum atomic E-state index is 13.0. The Bertz CT molecular complexity index is 962. The van der Waals surface area contributed by atoms with E-state index >= 15 is 0 Å². The molecular formula is C27H38O9. The van der Waals surface area contributed by atoms with Gasteiger partial charge in [-0.3, -0.25) is 4.79 Å². The van der Waals surface area contributed by atoms with Crippen molar-refractivity contribution in [2.45, 2.75) is 103 Å².